The fraction of sp³-hybridized carbons (Fsp3) is 0.364. The van der Waals surface area contributed by atoms with Crippen molar-refractivity contribution < 1.29 is 33.3 Å². The van der Waals surface area contributed by atoms with Gasteiger partial charge in [0.05, 0.1) is 6.61 Å². The van der Waals surface area contributed by atoms with Crippen molar-refractivity contribution in [2.45, 2.75) is 63.8 Å². The van der Waals surface area contributed by atoms with Gasteiger partial charge in [-0.15, -0.1) is 0 Å². The average Bonchev–Trinajstić information content (AvgIpc) is 3.36. The molecule has 10 heteroatoms. The molecule has 2 atom stereocenters. The van der Waals surface area contributed by atoms with E-state index >= 15 is 0 Å². The van der Waals surface area contributed by atoms with E-state index in [1.54, 1.807) is 57.2 Å². The molecule has 1 amide bonds. The standard InChI is InChI=1S/C33H36BrFN2O6/c1-32(2,3)43-28(39)17-18-33(31(40)36-21-22-5-13-26(35)14-6-22)29(23-7-11-25(34)12-8-23)42-30(37-33)24-9-15-27(16-10-24)41-20-4-19-38/h5-16,29,38H,4,17-21H2,1-3H3,(H,36,40)/t29-,33-/m1/s1. The molecule has 1 heterocycles. The molecule has 3 aromatic carbocycles. The van der Waals surface area contributed by atoms with Gasteiger partial charge in [0.1, 0.15) is 17.2 Å². The fourth-order valence-electron chi connectivity index (χ4n) is 4.63. The zero-order chi connectivity index (χ0) is 31.0. The van der Waals surface area contributed by atoms with Crippen molar-refractivity contribution >= 4 is 33.7 Å². The molecule has 1 aliphatic rings. The number of carbonyl (C=O) groups excluding carboxylic acids is 2. The average molecular weight is 656 g/mol. The van der Waals surface area contributed by atoms with E-state index in [4.69, 9.17) is 24.3 Å². The number of nitrogens with one attached hydrogen (secondary N) is 1. The molecule has 3 aromatic rings. The van der Waals surface area contributed by atoms with E-state index in [9.17, 15) is 14.0 Å². The Morgan fingerprint density at radius 1 is 1.05 bits per heavy atom. The highest BCUT2D eigenvalue weighted by atomic mass is 79.9. The topological polar surface area (TPSA) is 106 Å². The maximum Gasteiger partial charge on any atom is 0.306 e. The Morgan fingerprint density at radius 3 is 2.35 bits per heavy atom. The van der Waals surface area contributed by atoms with Crippen LogP contribution >= 0.6 is 15.9 Å². The van der Waals surface area contributed by atoms with Gasteiger partial charge in [-0.1, -0.05) is 40.2 Å². The Bertz CT molecular complexity index is 1420. The Labute approximate surface area is 259 Å². The molecule has 0 saturated carbocycles. The van der Waals surface area contributed by atoms with Crippen LogP contribution in [0.25, 0.3) is 0 Å². The highest BCUT2D eigenvalue weighted by molar-refractivity contribution is 9.10. The molecule has 1 aliphatic heterocycles. The summed E-state index contributed by atoms with van der Waals surface area (Å²) in [5, 5.41) is 12.0. The molecular weight excluding hydrogens is 619 g/mol. The van der Waals surface area contributed by atoms with Gasteiger partial charge in [0.15, 0.2) is 11.6 Å². The number of amides is 1. The van der Waals surface area contributed by atoms with Gasteiger partial charge in [-0.3, -0.25) is 9.59 Å². The largest absolute Gasteiger partial charge is 0.494 e. The smallest absolute Gasteiger partial charge is 0.306 e. The number of halogens is 2. The van der Waals surface area contributed by atoms with Crippen LogP contribution in [0, 0.1) is 5.82 Å². The van der Waals surface area contributed by atoms with Gasteiger partial charge in [-0.25, -0.2) is 9.38 Å². The van der Waals surface area contributed by atoms with E-state index in [2.05, 4.69) is 21.2 Å². The van der Waals surface area contributed by atoms with E-state index in [-0.39, 0.29) is 37.7 Å². The van der Waals surface area contributed by atoms with Gasteiger partial charge in [-0.2, -0.15) is 0 Å². The first-order valence-electron chi connectivity index (χ1n) is 14.1. The summed E-state index contributed by atoms with van der Waals surface area (Å²) in [7, 11) is 0. The van der Waals surface area contributed by atoms with E-state index < -0.39 is 29.1 Å². The number of aliphatic hydroxyl groups is 1. The van der Waals surface area contributed by atoms with Crippen molar-refractivity contribution in [3.8, 4) is 5.75 Å². The summed E-state index contributed by atoms with van der Waals surface area (Å²) in [6.45, 7) is 5.90. The van der Waals surface area contributed by atoms with Gasteiger partial charge in [0.25, 0.3) is 5.91 Å². The zero-order valence-corrected chi connectivity index (χ0v) is 26.0. The highest BCUT2D eigenvalue weighted by Gasteiger charge is 2.53. The number of aliphatic hydroxyl groups excluding tert-OH is 1. The Morgan fingerprint density at radius 2 is 1.72 bits per heavy atom. The minimum atomic E-state index is -1.52. The van der Waals surface area contributed by atoms with Gasteiger partial charge < -0.3 is 24.6 Å². The lowest BCUT2D eigenvalue weighted by molar-refractivity contribution is -0.155. The summed E-state index contributed by atoms with van der Waals surface area (Å²) < 4.78 is 32.0. The predicted octanol–water partition coefficient (Wildman–Crippen LogP) is 6.04. The van der Waals surface area contributed by atoms with Crippen LogP contribution in [0.4, 0.5) is 4.39 Å². The molecular formula is C33H36BrFN2O6. The summed E-state index contributed by atoms with van der Waals surface area (Å²) >= 11 is 3.46. The first kappa shape index (κ1) is 32.2. The summed E-state index contributed by atoms with van der Waals surface area (Å²) in [6.07, 6.45) is -0.401. The number of benzene rings is 3. The fourth-order valence-corrected chi connectivity index (χ4v) is 4.90. The number of carbonyl (C=O) groups is 2. The third-order valence-electron chi connectivity index (χ3n) is 6.70. The second-order valence-electron chi connectivity index (χ2n) is 11.2. The van der Waals surface area contributed by atoms with Crippen LogP contribution in [0.15, 0.2) is 82.3 Å². The lowest BCUT2D eigenvalue weighted by Crippen LogP contribution is -2.48. The van der Waals surface area contributed by atoms with Crippen LogP contribution in [-0.2, 0) is 25.6 Å². The predicted molar refractivity (Wildman–Crippen MR) is 164 cm³/mol. The molecule has 228 valence electrons. The van der Waals surface area contributed by atoms with Crippen LogP contribution in [0.1, 0.15) is 62.8 Å². The number of nitrogens with zero attached hydrogens (tertiary/aromatic N) is 1. The molecule has 0 fully saturated rings. The van der Waals surface area contributed by atoms with Gasteiger partial charge in [0, 0.05) is 36.0 Å². The summed E-state index contributed by atoms with van der Waals surface area (Å²) in [5.74, 6) is -0.403. The van der Waals surface area contributed by atoms with Crippen LogP contribution in [0.2, 0.25) is 0 Å². The molecule has 0 spiro atoms. The first-order valence-corrected chi connectivity index (χ1v) is 14.9. The monoisotopic (exact) mass is 654 g/mol. The number of ether oxygens (including phenoxy) is 3. The third-order valence-corrected chi connectivity index (χ3v) is 7.23. The van der Waals surface area contributed by atoms with Gasteiger partial charge in [0.2, 0.25) is 5.90 Å². The second-order valence-corrected chi connectivity index (χ2v) is 12.2. The lowest BCUT2D eigenvalue weighted by Gasteiger charge is -2.31. The molecule has 4 rings (SSSR count). The Balaban J connectivity index is 1.71. The van der Waals surface area contributed by atoms with E-state index in [0.29, 0.717) is 35.5 Å². The van der Waals surface area contributed by atoms with Crippen molar-refractivity contribution in [3.63, 3.8) is 0 Å². The number of esters is 1. The first-order chi connectivity index (χ1) is 20.5. The SMILES string of the molecule is CC(C)(C)OC(=O)CC[C@@]1(C(=O)NCc2ccc(F)cc2)N=C(c2ccc(OCCCO)cc2)O[C@@H]1c1ccc(Br)cc1. The van der Waals surface area contributed by atoms with Crippen LogP contribution < -0.4 is 10.1 Å². The Hall–Kier alpha value is -3.76. The quantitative estimate of drug-likeness (QED) is 0.182. The van der Waals surface area contributed by atoms with Gasteiger partial charge >= 0.3 is 5.97 Å². The number of hydrogen-bond donors (Lipinski definition) is 2. The number of hydrogen-bond acceptors (Lipinski definition) is 7. The highest BCUT2D eigenvalue weighted by Crippen LogP contribution is 2.43. The lowest BCUT2D eigenvalue weighted by atomic mass is 9.83. The molecule has 8 nitrogen and oxygen atoms in total. The molecule has 2 N–H and O–H groups in total. The van der Waals surface area contributed by atoms with Crippen molar-refractivity contribution in [2.75, 3.05) is 13.2 Å². The molecule has 0 aliphatic carbocycles. The van der Waals surface area contributed by atoms with Crippen LogP contribution in [-0.4, -0.2) is 47.2 Å². The normalized spacial score (nSPS) is 18.0. The van der Waals surface area contributed by atoms with Crippen molar-refractivity contribution in [1.29, 1.82) is 0 Å². The van der Waals surface area contributed by atoms with E-state index in [1.165, 1.54) is 12.1 Å². The number of rotatable bonds is 12. The summed E-state index contributed by atoms with van der Waals surface area (Å²) in [6, 6.07) is 20.4. The van der Waals surface area contributed by atoms with Crippen LogP contribution in [0.3, 0.4) is 0 Å². The number of aliphatic imine (C=N–C) groups is 1. The maximum atomic E-state index is 14.2. The summed E-state index contributed by atoms with van der Waals surface area (Å²) in [4.78, 5) is 31.9. The molecule has 43 heavy (non-hydrogen) atoms. The molecule has 0 radical (unpaired) electrons. The van der Waals surface area contributed by atoms with Gasteiger partial charge in [-0.05, 0) is 86.8 Å². The van der Waals surface area contributed by atoms with E-state index in [0.717, 1.165) is 4.47 Å². The second kappa shape index (κ2) is 14.1. The molecule has 0 saturated heterocycles. The Kier molecular flexibility index (Phi) is 10.6. The van der Waals surface area contributed by atoms with Crippen LogP contribution in [0.5, 0.6) is 5.75 Å². The zero-order valence-electron chi connectivity index (χ0n) is 24.4. The molecule has 0 unspecified atom stereocenters. The van der Waals surface area contributed by atoms with Crippen molar-refractivity contribution in [3.05, 3.63) is 99.8 Å². The molecule has 0 bridgehead atoms. The minimum absolute atomic E-state index is 0.0176. The van der Waals surface area contributed by atoms with Crippen molar-refractivity contribution in [1.82, 2.24) is 5.32 Å². The van der Waals surface area contributed by atoms with Crippen molar-refractivity contribution in [2.24, 2.45) is 4.99 Å². The molecule has 0 aromatic heterocycles. The van der Waals surface area contributed by atoms with E-state index in [1.807, 2.05) is 24.3 Å². The third kappa shape index (κ3) is 8.64. The maximum absolute atomic E-state index is 14.2. The minimum Gasteiger partial charge on any atom is -0.494 e. The summed E-state index contributed by atoms with van der Waals surface area (Å²) in [5.41, 5.74) is -0.177.